The third-order valence-corrected chi connectivity index (χ3v) is 2.58. The first-order valence-electron chi connectivity index (χ1n) is 5.83. The van der Waals surface area contributed by atoms with Crippen molar-refractivity contribution in [2.24, 2.45) is 0 Å². The number of carbonyl (C=O) groups excluding carboxylic acids is 3. The number of nitrogens with zero attached hydrogens (tertiary/aromatic N) is 1. The molecule has 1 rings (SSSR count). The minimum Gasteiger partial charge on any atom is -0.355 e. The van der Waals surface area contributed by atoms with Gasteiger partial charge in [-0.15, -0.1) is 0 Å². The maximum atomic E-state index is 11.8. The minimum atomic E-state index is -0.562. The predicted octanol–water partition coefficient (Wildman–Crippen LogP) is -0.752. The zero-order valence-electron chi connectivity index (χ0n) is 10.4. The Labute approximate surface area is 101 Å². The molecule has 1 fully saturated rings. The molecule has 3 amide bonds. The van der Waals surface area contributed by atoms with Crippen molar-refractivity contribution in [2.45, 2.75) is 39.3 Å². The highest BCUT2D eigenvalue weighted by Gasteiger charge is 2.39. The van der Waals surface area contributed by atoms with Crippen LogP contribution in [0.15, 0.2) is 0 Å². The summed E-state index contributed by atoms with van der Waals surface area (Å²) in [6.07, 6.45) is 0.135. The van der Waals surface area contributed by atoms with Crippen molar-refractivity contribution in [3.05, 3.63) is 0 Å². The highest BCUT2D eigenvalue weighted by atomic mass is 16.2. The van der Waals surface area contributed by atoms with Crippen molar-refractivity contribution in [1.29, 1.82) is 0 Å². The number of likely N-dealkylation sites (tertiary alicyclic amines) is 1. The van der Waals surface area contributed by atoms with Crippen molar-refractivity contribution in [3.63, 3.8) is 0 Å². The van der Waals surface area contributed by atoms with Crippen LogP contribution in [0, 0.1) is 0 Å². The van der Waals surface area contributed by atoms with Crippen molar-refractivity contribution >= 4 is 17.7 Å². The van der Waals surface area contributed by atoms with Crippen LogP contribution in [0.4, 0.5) is 0 Å². The van der Waals surface area contributed by atoms with E-state index in [-0.39, 0.29) is 36.7 Å². The smallest absolute Gasteiger partial charge is 0.247 e. The fraction of sp³-hybridized carbons (Fsp3) is 0.727. The Kier molecular flexibility index (Phi) is 4.62. The second-order valence-corrected chi connectivity index (χ2v) is 4.29. The summed E-state index contributed by atoms with van der Waals surface area (Å²) in [6.45, 7) is 6.02. The quantitative estimate of drug-likeness (QED) is 0.621. The summed E-state index contributed by atoms with van der Waals surface area (Å²) >= 11 is 0. The number of carbonyl (C=O) groups is 3. The van der Waals surface area contributed by atoms with E-state index >= 15 is 0 Å². The number of hydrogen-bond donors (Lipinski definition) is 2. The standard InChI is InChI=1S/C11H19N3O3/c1-4-12-9(15)6-13-8-5-10(16)14(7(2)3)11(8)17/h7-8,13H,4-6H2,1-3H3,(H,12,15). The average molecular weight is 241 g/mol. The van der Waals surface area contributed by atoms with Crippen LogP contribution in [0.5, 0.6) is 0 Å². The van der Waals surface area contributed by atoms with Crippen LogP contribution in [0.1, 0.15) is 27.2 Å². The normalized spacial score (nSPS) is 20.2. The molecule has 0 saturated carbocycles. The maximum Gasteiger partial charge on any atom is 0.247 e. The topological polar surface area (TPSA) is 78.5 Å². The van der Waals surface area contributed by atoms with Gasteiger partial charge in [-0.2, -0.15) is 0 Å². The van der Waals surface area contributed by atoms with E-state index in [0.717, 1.165) is 0 Å². The molecule has 0 aromatic carbocycles. The molecule has 1 aliphatic rings. The van der Waals surface area contributed by atoms with Gasteiger partial charge in [-0.25, -0.2) is 0 Å². The van der Waals surface area contributed by atoms with Gasteiger partial charge in [0.2, 0.25) is 17.7 Å². The molecule has 0 aromatic rings. The van der Waals surface area contributed by atoms with E-state index in [1.807, 2.05) is 6.92 Å². The largest absolute Gasteiger partial charge is 0.355 e. The number of amides is 3. The van der Waals surface area contributed by atoms with E-state index < -0.39 is 6.04 Å². The zero-order chi connectivity index (χ0) is 13.0. The van der Waals surface area contributed by atoms with Gasteiger partial charge in [0, 0.05) is 12.6 Å². The molecule has 0 spiro atoms. The molecule has 96 valence electrons. The molecule has 1 aliphatic heterocycles. The van der Waals surface area contributed by atoms with E-state index in [4.69, 9.17) is 0 Å². The second kappa shape index (κ2) is 5.77. The molecule has 0 aliphatic carbocycles. The summed E-state index contributed by atoms with van der Waals surface area (Å²) in [4.78, 5) is 35.9. The monoisotopic (exact) mass is 241 g/mol. The van der Waals surface area contributed by atoms with Gasteiger partial charge < -0.3 is 5.32 Å². The lowest BCUT2D eigenvalue weighted by molar-refractivity contribution is -0.140. The number of likely N-dealkylation sites (N-methyl/N-ethyl adjacent to an activating group) is 1. The van der Waals surface area contributed by atoms with Crippen LogP contribution in [0.3, 0.4) is 0 Å². The number of nitrogens with one attached hydrogen (secondary N) is 2. The summed E-state index contributed by atoms with van der Waals surface area (Å²) in [5, 5.41) is 5.43. The first-order valence-corrected chi connectivity index (χ1v) is 5.83. The Hall–Kier alpha value is -1.43. The zero-order valence-corrected chi connectivity index (χ0v) is 10.4. The Morgan fingerprint density at radius 3 is 2.59 bits per heavy atom. The van der Waals surface area contributed by atoms with Crippen LogP contribution in [0.2, 0.25) is 0 Å². The molecule has 0 radical (unpaired) electrons. The Morgan fingerprint density at radius 2 is 2.12 bits per heavy atom. The van der Waals surface area contributed by atoms with Crippen LogP contribution in [-0.2, 0) is 14.4 Å². The Morgan fingerprint density at radius 1 is 1.47 bits per heavy atom. The Bertz CT molecular complexity index is 328. The van der Waals surface area contributed by atoms with E-state index in [1.165, 1.54) is 4.90 Å². The van der Waals surface area contributed by atoms with Gasteiger partial charge in [0.25, 0.3) is 0 Å². The third kappa shape index (κ3) is 3.26. The first kappa shape index (κ1) is 13.6. The third-order valence-electron chi connectivity index (χ3n) is 2.58. The van der Waals surface area contributed by atoms with Crippen molar-refractivity contribution in [3.8, 4) is 0 Å². The molecule has 6 heteroatoms. The molecule has 2 N–H and O–H groups in total. The molecule has 6 nitrogen and oxygen atoms in total. The van der Waals surface area contributed by atoms with Crippen LogP contribution in [-0.4, -0.2) is 47.8 Å². The Balaban J connectivity index is 2.49. The van der Waals surface area contributed by atoms with E-state index in [1.54, 1.807) is 13.8 Å². The van der Waals surface area contributed by atoms with Crippen molar-refractivity contribution < 1.29 is 14.4 Å². The highest BCUT2D eigenvalue weighted by molar-refractivity contribution is 6.06. The van der Waals surface area contributed by atoms with Crippen LogP contribution < -0.4 is 10.6 Å². The molecule has 17 heavy (non-hydrogen) atoms. The predicted molar refractivity (Wildman–Crippen MR) is 62.1 cm³/mol. The van der Waals surface area contributed by atoms with E-state index in [9.17, 15) is 14.4 Å². The van der Waals surface area contributed by atoms with Crippen molar-refractivity contribution in [2.75, 3.05) is 13.1 Å². The maximum absolute atomic E-state index is 11.8. The summed E-state index contributed by atoms with van der Waals surface area (Å²) in [5.74, 6) is -0.594. The van der Waals surface area contributed by atoms with Crippen LogP contribution in [0.25, 0.3) is 0 Å². The molecular formula is C11H19N3O3. The van der Waals surface area contributed by atoms with Gasteiger partial charge >= 0.3 is 0 Å². The van der Waals surface area contributed by atoms with Gasteiger partial charge in [-0.1, -0.05) is 0 Å². The molecule has 1 saturated heterocycles. The first-order chi connectivity index (χ1) is 7.97. The van der Waals surface area contributed by atoms with Gasteiger partial charge in [-0.05, 0) is 20.8 Å². The average Bonchev–Trinajstić information content (AvgIpc) is 2.51. The fourth-order valence-electron chi connectivity index (χ4n) is 1.83. The molecular weight excluding hydrogens is 222 g/mol. The van der Waals surface area contributed by atoms with Crippen molar-refractivity contribution in [1.82, 2.24) is 15.5 Å². The molecule has 0 bridgehead atoms. The lowest BCUT2D eigenvalue weighted by Crippen LogP contribution is -2.44. The number of rotatable bonds is 5. The summed E-state index contributed by atoms with van der Waals surface area (Å²) in [6, 6.07) is -0.696. The molecule has 1 unspecified atom stereocenters. The lowest BCUT2D eigenvalue weighted by atomic mass is 10.2. The molecule has 0 aromatic heterocycles. The van der Waals surface area contributed by atoms with Gasteiger partial charge in [0.05, 0.1) is 19.0 Å². The minimum absolute atomic E-state index is 0.0590. The second-order valence-electron chi connectivity index (χ2n) is 4.29. The lowest BCUT2D eigenvalue weighted by Gasteiger charge is -2.19. The van der Waals surface area contributed by atoms with E-state index in [2.05, 4.69) is 10.6 Å². The molecule has 1 atom stereocenters. The van der Waals surface area contributed by atoms with Gasteiger partial charge in [0.15, 0.2) is 0 Å². The van der Waals surface area contributed by atoms with Gasteiger partial charge in [-0.3, -0.25) is 24.6 Å². The summed E-state index contributed by atoms with van der Waals surface area (Å²) < 4.78 is 0. The number of hydrogen-bond acceptors (Lipinski definition) is 4. The van der Waals surface area contributed by atoms with Crippen LogP contribution >= 0.6 is 0 Å². The molecule has 1 heterocycles. The highest BCUT2D eigenvalue weighted by Crippen LogP contribution is 2.15. The summed E-state index contributed by atoms with van der Waals surface area (Å²) in [7, 11) is 0. The fourth-order valence-corrected chi connectivity index (χ4v) is 1.83. The summed E-state index contributed by atoms with van der Waals surface area (Å²) in [5.41, 5.74) is 0. The van der Waals surface area contributed by atoms with Gasteiger partial charge in [0.1, 0.15) is 0 Å². The SMILES string of the molecule is CCNC(=O)CNC1CC(=O)N(C(C)C)C1=O. The van der Waals surface area contributed by atoms with E-state index in [0.29, 0.717) is 6.54 Å². The number of imide groups is 1.